The van der Waals surface area contributed by atoms with E-state index in [-0.39, 0.29) is 75.4 Å². The highest BCUT2D eigenvalue weighted by Gasteiger charge is 2.66. The van der Waals surface area contributed by atoms with Crippen molar-refractivity contribution < 1.29 is 62.7 Å². The van der Waals surface area contributed by atoms with E-state index in [0.29, 0.717) is 83.3 Å². The molecule has 17 heteroatoms. The number of carbonyl (C=O) groups is 2. The molecule has 2 aliphatic carbocycles. The third-order valence-corrected chi connectivity index (χ3v) is 13.2. The van der Waals surface area contributed by atoms with Crippen molar-refractivity contribution in [2.75, 3.05) is 40.3 Å². The second kappa shape index (κ2) is 22.0. The van der Waals surface area contributed by atoms with Crippen LogP contribution in [0.15, 0.2) is 108 Å². The lowest BCUT2D eigenvalue weighted by atomic mass is 9.55. The Labute approximate surface area is 400 Å². The molecule has 0 spiro atoms. The van der Waals surface area contributed by atoms with Crippen LogP contribution in [0.5, 0.6) is 40.2 Å². The monoisotopic (exact) mass is 947 g/mol. The zero-order chi connectivity index (χ0) is 48.5. The molecule has 4 aromatic rings. The number of carbonyl (C=O) groups excluding carboxylic acids is 2. The van der Waals surface area contributed by atoms with Gasteiger partial charge in [-0.1, -0.05) is 36.2 Å². The van der Waals surface area contributed by atoms with Gasteiger partial charge in [-0.3, -0.25) is 19.8 Å². The van der Waals surface area contributed by atoms with Crippen LogP contribution in [0.1, 0.15) is 79.3 Å². The van der Waals surface area contributed by atoms with Gasteiger partial charge in [-0.15, -0.1) is 6.58 Å². The van der Waals surface area contributed by atoms with Gasteiger partial charge >= 0.3 is 6.09 Å². The Morgan fingerprint density at radius 2 is 1.67 bits per heavy atom. The summed E-state index contributed by atoms with van der Waals surface area (Å²) in [4.78, 5) is 45.6. The Kier molecular flexibility index (Phi) is 15.5. The topological polar surface area (TPSA) is 207 Å². The normalized spacial score (nSPS) is 22.3. The lowest BCUT2D eigenvalue weighted by Crippen LogP contribution is -2.70. The van der Waals surface area contributed by atoms with Crippen molar-refractivity contribution in [3.05, 3.63) is 130 Å². The van der Waals surface area contributed by atoms with Crippen LogP contribution in [-0.2, 0) is 16.1 Å². The maximum atomic E-state index is 15.1. The largest absolute Gasteiger partial charge is 0.496 e. The molecule has 0 saturated heterocycles. The molecule has 6 unspecified atom stereocenters. The van der Waals surface area contributed by atoms with Crippen molar-refractivity contribution in [1.82, 2.24) is 4.90 Å². The Bertz CT molecular complexity index is 2560. The van der Waals surface area contributed by atoms with E-state index in [1.807, 2.05) is 25.1 Å². The highest BCUT2D eigenvalue weighted by Crippen LogP contribution is 2.62. The molecule has 1 fully saturated rings. The number of hydrogen-bond acceptors (Lipinski definition) is 15. The van der Waals surface area contributed by atoms with Gasteiger partial charge in [0.25, 0.3) is 5.69 Å². The van der Waals surface area contributed by atoms with Crippen LogP contribution in [0, 0.1) is 27.9 Å². The molecule has 4 aromatic carbocycles. The third kappa shape index (κ3) is 10.3. The Morgan fingerprint density at radius 1 is 0.942 bits per heavy atom. The van der Waals surface area contributed by atoms with Crippen LogP contribution in [-0.4, -0.2) is 90.3 Å². The van der Waals surface area contributed by atoms with Gasteiger partial charge < -0.3 is 48.2 Å². The van der Waals surface area contributed by atoms with Crippen molar-refractivity contribution in [3.63, 3.8) is 0 Å². The molecule has 0 radical (unpaired) electrons. The van der Waals surface area contributed by atoms with E-state index >= 15 is 4.79 Å². The van der Waals surface area contributed by atoms with Crippen molar-refractivity contribution in [2.24, 2.45) is 22.9 Å². The number of amides is 1. The number of nitro groups is 1. The van der Waals surface area contributed by atoms with Gasteiger partial charge in [0.15, 0.2) is 17.8 Å². The molecule has 6 atom stereocenters. The van der Waals surface area contributed by atoms with E-state index in [0.717, 1.165) is 24.0 Å². The quantitative estimate of drug-likeness (QED) is 0.0248. The molecule has 0 bridgehead atoms. The first kappa shape index (κ1) is 48.5. The molecule has 2 N–H and O–H groups in total. The number of fused-ring (bicyclic) bond motifs is 3. The van der Waals surface area contributed by atoms with Crippen LogP contribution < -0.4 is 28.4 Å². The number of hydrogen-bond donors (Lipinski definition) is 2. The second-order valence-electron chi connectivity index (χ2n) is 17.2. The van der Waals surface area contributed by atoms with Gasteiger partial charge in [0.05, 0.1) is 35.8 Å². The second-order valence-corrected chi connectivity index (χ2v) is 17.2. The van der Waals surface area contributed by atoms with Crippen LogP contribution in [0.4, 0.5) is 10.5 Å². The molecule has 17 nitrogen and oxygen atoms in total. The first-order valence-corrected chi connectivity index (χ1v) is 23.3. The summed E-state index contributed by atoms with van der Waals surface area (Å²) in [6.45, 7) is 6.20. The Balaban J connectivity index is 1.33. The fourth-order valence-electron chi connectivity index (χ4n) is 10.2. The molecule has 4 aliphatic rings. The van der Waals surface area contributed by atoms with Gasteiger partial charge in [-0.05, 0) is 116 Å². The summed E-state index contributed by atoms with van der Waals surface area (Å²) < 4.78 is 43.8. The third-order valence-electron chi connectivity index (χ3n) is 13.2. The first-order chi connectivity index (χ1) is 33.6. The summed E-state index contributed by atoms with van der Waals surface area (Å²) >= 11 is 0. The number of oxime groups is 1. The summed E-state index contributed by atoms with van der Waals surface area (Å²) in [6, 6.07) is 20.2. The van der Waals surface area contributed by atoms with Crippen molar-refractivity contribution in [3.8, 4) is 40.2 Å². The molecular formula is C52H57N3O14. The van der Waals surface area contributed by atoms with E-state index < -0.39 is 28.8 Å². The van der Waals surface area contributed by atoms with Crippen molar-refractivity contribution in [1.29, 1.82) is 0 Å². The molecule has 1 saturated carbocycles. The maximum absolute atomic E-state index is 15.1. The number of aliphatic hydroxyl groups is 2. The van der Waals surface area contributed by atoms with Gasteiger partial charge in [0.1, 0.15) is 41.4 Å². The molecule has 0 aromatic heterocycles. The zero-order valence-electron chi connectivity index (χ0n) is 38.7. The zero-order valence-corrected chi connectivity index (χ0v) is 38.7. The van der Waals surface area contributed by atoms with E-state index in [2.05, 4.69) is 12.7 Å². The van der Waals surface area contributed by atoms with Gasteiger partial charge in [-0.2, -0.15) is 0 Å². The maximum Gasteiger partial charge on any atom is 0.416 e. The van der Waals surface area contributed by atoms with Crippen LogP contribution >= 0.6 is 0 Å². The lowest BCUT2D eigenvalue weighted by molar-refractivity contribution is -0.384. The van der Waals surface area contributed by atoms with E-state index in [1.165, 1.54) is 31.4 Å². The first-order valence-electron chi connectivity index (χ1n) is 23.3. The molecular weight excluding hydrogens is 891 g/mol. The number of nitro benzene ring substituents is 1. The highest BCUT2D eigenvalue weighted by atomic mass is 16.7. The summed E-state index contributed by atoms with van der Waals surface area (Å²) in [5.74, 6) is 0.134. The van der Waals surface area contributed by atoms with E-state index in [9.17, 15) is 25.1 Å². The number of allylic oxidation sites excluding steroid dienone is 1. The summed E-state index contributed by atoms with van der Waals surface area (Å²) in [5, 5.41) is 36.3. The number of nitrogens with zero attached hydrogens (tertiary/aromatic N) is 3. The number of methoxy groups -OCH3 is 1. The molecule has 1 amide bonds. The standard InChI is InChI=1S/C52H57N3O14/c1-4-24-65-52-48(54(30-33-12-19-46-47(25-33)64-32-63-46)51(59)68-37-15-13-36(14-16-37)55(60)61)29-43(53-66-5-2)41-27-34(10-6-8-22-56)40(11-7-9-23-57)49(50(41)52)42-28-39(18-21-45(42)69-52)67-38-17-20-44(62-3)35(26-38)31-58/h4,12-21,25-28,31,34,40,48-50,56-57H,1,5-11,22-24,29-30,32H2,2-3H3. The molecule has 8 rings (SSSR count). The van der Waals surface area contributed by atoms with Crippen LogP contribution in [0.3, 0.4) is 0 Å². The predicted octanol–water partition coefficient (Wildman–Crippen LogP) is 9.29. The highest BCUT2D eigenvalue weighted by molar-refractivity contribution is 6.03. The number of unbranched alkanes of at least 4 members (excludes halogenated alkanes) is 2. The summed E-state index contributed by atoms with van der Waals surface area (Å²) in [5.41, 5.74) is 3.05. The minimum atomic E-state index is -1.64. The predicted molar refractivity (Wildman–Crippen MR) is 252 cm³/mol. The molecule has 364 valence electrons. The smallest absolute Gasteiger partial charge is 0.416 e. The minimum Gasteiger partial charge on any atom is -0.496 e. The van der Waals surface area contributed by atoms with Crippen LogP contribution in [0.25, 0.3) is 0 Å². The number of non-ortho nitro benzene ring substituents is 1. The fraction of sp³-hybridized carbons (Fsp3) is 0.404. The van der Waals surface area contributed by atoms with E-state index in [1.54, 1.807) is 47.4 Å². The fourth-order valence-corrected chi connectivity index (χ4v) is 10.2. The van der Waals surface area contributed by atoms with Gasteiger partial charge in [0.2, 0.25) is 12.6 Å². The van der Waals surface area contributed by atoms with E-state index in [4.69, 9.17) is 43.2 Å². The Hall–Kier alpha value is -6.95. The number of ether oxygens (including phenoxy) is 7. The summed E-state index contributed by atoms with van der Waals surface area (Å²) in [6.07, 6.45) is 7.95. The van der Waals surface area contributed by atoms with Gasteiger partial charge in [0, 0.05) is 49.8 Å². The molecule has 69 heavy (non-hydrogen) atoms. The number of rotatable bonds is 22. The molecule has 2 aliphatic heterocycles. The van der Waals surface area contributed by atoms with Crippen LogP contribution in [0.2, 0.25) is 0 Å². The lowest BCUT2D eigenvalue weighted by Gasteiger charge is -2.59. The number of aliphatic hydroxyl groups excluding tert-OH is 2. The molecule has 2 heterocycles. The number of benzene rings is 4. The minimum absolute atomic E-state index is 0.0162. The average Bonchev–Trinajstić information content (AvgIpc) is 3.84. The van der Waals surface area contributed by atoms with Crippen molar-refractivity contribution >= 4 is 23.8 Å². The summed E-state index contributed by atoms with van der Waals surface area (Å²) in [7, 11) is 1.49. The van der Waals surface area contributed by atoms with Gasteiger partial charge in [-0.25, -0.2) is 4.79 Å². The van der Waals surface area contributed by atoms with Crippen molar-refractivity contribution in [2.45, 2.75) is 76.2 Å². The average molecular weight is 948 g/mol. The SMILES string of the molecule is C=CCOC12Oc3ccc(Oc4ccc(OC)c(C=O)c4)cc3C3C(CCCCO)C(CCCCO)C=C(C(=NOCC)CC1N(Cc1ccc4c(c1)OCO4)C(=O)Oc1ccc([N+](=O)[O-])cc1)C32. The number of aldehydes is 1. The Morgan fingerprint density at radius 3 is 2.39 bits per heavy atom.